The predicted octanol–water partition coefficient (Wildman–Crippen LogP) is 3.26. The van der Waals surface area contributed by atoms with Crippen molar-refractivity contribution in [1.82, 2.24) is 4.98 Å². The van der Waals surface area contributed by atoms with Crippen molar-refractivity contribution in [2.24, 2.45) is 5.73 Å². The van der Waals surface area contributed by atoms with Gasteiger partial charge in [0.15, 0.2) is 5.76 Å². The highest BCUT2D eigenvalue weighted by molar-refractivity contribution is 9.10. The van der Waals surface area contributed by atoms with Crippen LogP contribution in [0.3, 0.4) is 0 Å². The lowest BCUT2D eigenvalue weighted by atomic mass is 10.2. The zero-order valence-corrected chi connectivity index (χ0v) is 10.2. The second-order valence-electron chi connectivity index (χ2n) is 3.45. The van der Waals surface area contributed by atoms with Gasteiger partial charge in [0, 0.05) is 5.56 Å². The molecule has 1 unspecified atom stereocenters. The fourth-order valence-corrected chi connectivity index (χ4v) is 1.78. The van der Waals surface area contributed by atoms with Crippen molar-refractivity contribution < 1.29 is 8.81 Å². The Bertz CT molecular complexity index is 510. The Kier molecular flexibility index (Phi) is 3.07. The summed E-state index contributed by atoms with van der Waals surface area (Å²) in [6, 6.07) is 4.46. The third-order valence-corrected chi connectivity index (χ3v) is 2.94. The van der Waals surface area contributed by atoms with Gasteiger partial charge in [0.05, 0.1) is 16.7 Å². The first-order chi connectivity index (χ1) is 7.59. The van der Waals surface area contributed by atoms with Crippen molar-refractivity contribution in [2.75, 3.05) is 0 Å². The summed E-state index contributed by atoms with van der Waals surface area (Å²) in [6.45, 7) is 1.77. The lowest BCUT2D eigenvalue weighted by Crippen LogP contribution is -2.04. The molecule has 1 aromatic heterocycles. The van der Waals surface area contributed by atoms with E-state index in [1.807, 2.05) is 0 Å². The zero-order valence-electron chi connectivity index (χ0n) is 8.58. The Morgan fingerprint density at radius 2 is 2.25 bits per heavy atom. The van der Waals surface area contributed by atoms with Crippen LogP contribution in [0.25, 0.3) is 11.3 Å². The van der Waals surface area contributed by atoms with Gasteiger partial charge in [-0.3, -0.25) is 0 Å². The van der Waals surface area contributed by atoms with Crippen molar-refractivity contribution in [1.29, 1.82) is 0 Å². The maximum Gasteiger partial charge on any atom is 0.211 e. The topological polar surface area (TPSA) is 52.0 Å². The summed E-state index contributed by atoms with van der Waals surface area (Å²) in [5, 5.41) is 0. The lowest BCUT2D eigenvalue weighted by Gasteiger charge is -2.01. The van der Waals surface area contributed by atoms with Crippen molar-refractivity contribution >= 4 is 15.9 Å². The Morgan fingerprint density at radius 1 is 1.50 bits per heavy atom. The first-order valence-corrected chi connectivity index (χ1v) is 5.54. The highest BCUT2D eigenvalue weighted by Crippen LogP contribution is 2.31. The molecule has 0 amide bonds. The number of aromatic nitrogens is 1. The molecule has 0 spiro atoms. The lowest BCUT2D eigenvalue weighted by molar-refractivity contribution is 0.473. The van der Waals surface area contributed by atoms with Crippen LogP contribution in [0.4, 0.5) is 4.39 Å². The van der Waals surface area contributed by atoms with Gasteiger partial charge >= 0.3 is 0 Å². The highest BCUT2D eigenvalue weighted by atomic mass is 79.9. The first-order valence-electron chi connectivity index (χ1n) is 4.75. The number of oxazole rings is 1. The summed E-state index contributed by atoms with van der Waals surface area (Å²) in [4.78, 5) is 4.03. The average Bonchev–Trinajstić information content (AvgIpc) is 2.71. The second-order valence-corrected chi connectivity index (χ2v) is 4.25. The number of benzene rings is 1. The fourth-order valence-electron chi connectivity index (χ4n) is 1.32. The third-order valence-electron chi connectivity index (χ3n) is 2.13. The SMILES string of the molecule is CC(N)c1ncc(-c2cccc(F)c2Br)o1. The van der Waals surface area contributed by atoms with Crippen molar-refractivity contribution in [3.63, 3.8) is 0 Å². The monoisotopic (exact) mass is 284 g/mol. The van der Waals surface area contributed by atoms with Crippen LogP contribution in [0, 0.1) is 5.82 Å². The first kappa shape index (κ1) is 11.3. The summed E-state index contributed by atoms with van der Waals surface area (Å²) in [7, 11) is 0. The molecule has 0 aliphatic heterocycles. The Labute approximate surface area is 101 Å². The summed E-state index contributed by atoms with van der Waals surface area (Å²) < 4.78 is 19.1. The van der Waals surface area contributed by atoms with Crippen LogP contribution in [-0.4, -0.2) is 4.98 Å². The van der Waals surface area contributed by atoms with Gasteiger partial charge in [-0.25, -0.2) is 9.37 Å². The van der Waals surface area contributed by atoms with Gasteiger partial charge in [0.1, 0.15) is 5.82 Å². The van der Waals surface area contributed by atoms with Crippen LogP contribution in [0.5, 0.6) is 0 Å². The van der Waals surface area contributed by atoms with Gasteiger partial charge in [0.2, 0.25) is 5.89 Å². The van der Waals surface area contributed by atoms with E-state index in [1.165, 1.54) is 12.3 Å². The molecule has 84 valence electrons. The van der Waals surface area contributed by atoms with E-state index >= 15 is 0 Å². The standard InChI is InChI=1S/C11H10BrFN2O/c1-6(14)11-15-5-9(16-11)7-3-2-4-8(13)10(7)12/h2-6H,14H2,1H3. The maximum atomic E-state index is 13.3. The van der Waals surface area contributed by atoms with E-state index in [4.69, 9.17) is 10.2 Å². The number of nitrogens with two attached hydrogens (primary N) is 1. The molecule has 0 bridgehead atoms. The van der Waals surface area contributed by atoms with Crippen molar-refractivity contribution in [3.8, 4) is 11.3 Å². The number of hydrogen-bond donors (Lipinski definition) is 1. The zero-order chi connectivity index (χ0) is 11.7. The minimum absolute atomic E-state index is 0.277. The maximum absolute atomic E-state index is 13.3. The smallest absolute Gasteiger partial charge is 0.211 e. The fraction of sp³-hybridized carbons (Fsp3) is 0.182. The molecule has 1 aromatic carbocycles. The highest BCUT2D eigenvalue weighted by Gasteiger charge is 2.13. The van der Waals surface area contributed by atoms with Crippen LogP contribution in [0.15, 0.2) is 33.3 Å². The van der Waals surface area contributed by atoms with E-state index in [1.54, 1.807) is 19.1 Å². The van der Waals surface area contributed by atoms with E-state index in [0.29, 0.717) is 21.7 Å². The number of rotatable bonds is 2. The van der Waals surface area contributed by atoms with E-state index in [9.17, 15) is 4.39 Å². The molecule has 2 aromatic rings. The molecule has 3 nitrogen and oxygen atoms in total. The predicted molar refractivity (Wildman–Crippen MR) is 62.2 cm³/mol. The van der Waals surface area contributed by atoms with Crippen LogP contribution < -0.4 is 5.73 Å². The molecule has 0 fully saturated rings. The van der Waals surface area contributed by atoms with E-state index in [2.05, 4.69) is 20.9 Å². The molecule has 16 heavy (non-hydrogen) atoms. The van der Waals surface area contributed by atoms with Crippen LogP contribution in [0.2, 0.25) is 0 Å². The number of nitrogens with zero attached hydrogens (tertiary/aromatic N) is 1. The van der Waals surface area contributed by atoms with E-state index in [0.717, 1.165) is 0 Å². The summed E-state index contributed by atoms with van der Waals surface area (Å²) in [6.07, 6.45) is 1.54. The minimum Gasteiger partial charge on any atom is -0.439 e. The molecule has 0 radical (unpaired) electrons. The Hall–Kier alpha value is -1.20. The average molecular weight is 285 g/mol. The van der Waals surface area contributed by atoms with E-state index in [-0.39, 0.29) is 11.9 Å². The van der Waals surface area contributed by atoms with Crippen molar-refractivity contribution in [3.05, 3.63) is 40.6 Å². The Balaban J connectivity index is 2.47. The van der Waals surface area contributed by atoms with Gasteiger partial charge in [-0.1, -0.05) is 6.07 Å². The number of halogens is 2. The minimum atomic E-state index is -0.337. The molecule has 0 aliphatic carbocycles. The molecule has 5 heteroatoms. The molecular weight excluding hydrogens is 275 g/mol. The molecule has 2 rings (SSSR count). The third kappa shape index (κ3) is 2.01. The Morgan fingerprint density at radius 3 is 2.88 bits per heavy atom. The van der Waals surface area contributed by atoms with Gasteiger partial charge in [-0.2, -0.15) is 0 Å². The van der Waals surface area contributed by atoms with Crippen LogP contribution in [0.1, 0.15) is 18.9 Å². The van der Waals surface area contributed by atoms with Gasteiger partial charge in [-0.15, -0.1) is 0 Å². The molecule has 2 N–H and O–H groups in total. The molecular formula is C11H10BrFN2O. The van der Waals surface area contributed by atoms with Crippen LogP contribution in [-0.2, 0) is 0 Å². The molecule has 0 saturated heterocycles. The molecule has 0 saturated carbocycles. The number of hydrogen-bond acceptors (Lipinski definition) is 3. The molecule has 1 heterocycles. The normalized spacial score (nSPS) is 12.8. The molecule has 1 atom stereocenters. The van der Waals surface area contributed by atoms with Crippen LogP contribution >= 0.6 is 15.9 Å². The quantitative estimate of drug-likeness (QED) is 0.921. The largest absolute Gasteiger partial charge is 0.439 e. The second kappa shape index (κ2) is 4.35. The van der Waals surface area contributed by atoms with Crippen molar-refractivity contribution in [2.45, 2.75) is 13.0 Å². The summed E-state index contributed by atoms with van der Waals surface area (Å²) in [5.41, 5.74) is 6.26. The van der Waals surface area contributed by atoms with E-state index < -0.39 is 0 Å². The summed E-state index contributed by atoms with van der Waals surface area (Å²) in [5.74, 6) is 0.598. The van der Waals surface area contributed by atoms with Gasteiger partial charge in [0.25, 0.3) is 0 Å². The summed E-state index contributed by atoms with van der Waals surface area (Å²) >= 11 is 3.17. The molecule has 0 aliphatic rings. The van der Waals surface area contributed by atoms with Gasteiger partial charge < -0.3 is 10.2 Å². The van der Waals surface area contributed by atoms with Gasteiger partial charge in [-0.05, 0) is 35.0 Å².